The molecule has 5 nitrogen and oxygen atoms in total. The molecule has 25 heavy (non-hydrogen) atoms. The fourth-order valence-electron chi connectivity index (χ4n) is 2.90. The molecule has 0 unspecified atom stereocenters. The predicted octanol–water partition coefficient (Wildman–Crippen LogP) is 3.34. The molecule has 1 aromatic heterocycles. The highest BCUT2D eigenvalue weighted by atomic mass is 35.5. The Hall–Kier alpha value is -2.14. The van der Waals surface area contributed by atoms with Gasteiger partial charge in [-0.2, -0.15) is 0 Å². The molecular formula is C19H23ClN4O. The second-order valence-corrected chi connectivity index (χ2v) is 6.98. The molecule has 2 aromatic rings. The molecule has 1 aromatic carbocycles. The lowest BCUT2D eigenvalue weighted by Crippen LogP contribution is -2.35. The predicted molar refractivity (Wildman–Crippen MR) is 100 cm³/mol. The smallest absolute Gasteiger partial charge is 0.270 e. The maximum Gasteiger partial charge on any atom is 0.270 e. The Labute approximate surface area is 153 Å². The van der Waals surface area contributed by atoms with Crippen molar-refractivity contribution in [3.05, 3.63) is 52.8 Å². The number of carbonyl (C=O) groups is 1. The monoisotopic (exact) mass is 358 g/mol. The van der Waals surface area contributed by atoms with Crippen molar-refractivity contribution in [3.63, 3.8) is 0 Å². The molecule has 6 heteroatoms. The number of halogens is 1. The van der Waals surface area contributed by atoms with E-state index in [0.29, 0.717) is 23.2 Å². The maximum atomic E-state index is 12.3. The number of piperidine rings is 1. The molecule has 1 saturated heterocycles. The van der Waals surface area contributed by atoms with E-state index in [1.54, 1.807) is 12.3 Å². The van der Waals surface area contributed by atoms with Crippen LogP contribution in [-0.2, 0) is 6.42 Å². The molecule has 132 valence electrons. The Morgan fingerprint density at radius 2 is 1.96 bits per heavy atom. The molecular weight excluding hydrogens is 336 g/mol. The van der Waals surface area contributed by atoms with E-state index in [-0.39, 0.29) is 5.91 Å². The number of amides is 1. The van der Waals surface area contributed by atoms with E-state index in [9.17, 15) is 4.79 Å². The summed E-state index contributed by atoms with van der Waals surface area (Å²) in [4.78, 5) is 23.3. The van der Waals surface area contributed by atoms with E-state index < -0.39 is 0 Å². The highest BCUT2D eigenvalue weighted by Gasteiger charge is 2.19. The van der Waals surface area contributed by atoms with Gasteiger partial charge in [0.05, 0.1) is 0 Å². The Morgan fingerprint density at radius 3 is 2.68 bits per heavy atom. The molecule has 0 bridgehead atoms. The standard InChI is InChI=1S/C19H23ClN4O/c1-14-8-12-24(13-9-14)19-22-11-7-17(23-19)18(25)21-10-6-15-2-4-16(20)5-3-15/h2-5,7,11,14H,6,8-10,12-13H2,1H3,(H,21,25). The van der Waals surface area contributed by atoms with Crippen LogP contribution in [0.5, 0.6) is 0 Å². The van der Waals surface area contributed by atoms with Crippen LogP contribution in [0.3, 0.4) is 0 Å². The Bertz CT molecular complexity index is 712. The van der Waals surface area contributed by atoms with E-state index in [1.165, 1.54) is 0 Å². The summed E-state index contributed by atoms with van der Waals surface area (Å²) >= 11 is 5.88. The van der Waals surface area contributed by atoms with Crippen molar-refractivity contribution in [1.29, 1.82) is 0 Å². The number of carbonyl (C=O) groups excluding carboxylic acids is 1. The number of anilines is 1. The summed E-state index contributed by atoms with van der Waals surface area (Å²) in [6, 6.07) is 9.31. The Balaban J connectivity index is 1.55. The van der Waals surface area contributed by atoms with Gasteiger partial charge >= 0.3 is 0 Å². The van der Waals surface area contributed by atoms with Gasteiger partial charge in [0.25, 0.3) is 5.91 Å². The minimum atomic E-state index is -0.164. The Kier molecular flexibility index (Phi) is 5.87. The minimum absolute atomic E-state index is 0.164. The van der Waals surface area contributed by atoms with E-state index >= 15 is 0 Å². The molecule has 1 aliphatic rings. The van der Waals surface area contributed by atoms with Gasteiger partial charge in [-0.3, -0.25) is 4.79 Å². The van der Waals surface area contributed by atoms with Crippen LogP contribution in [0.1, 0.15) is 35.8 Å². The molecule has 0 spiro atoms. The average Bonchev–Trinajstić information content (AvgIpc) is 2.64. The van der Waals surface area contributed by atoms with Crippen molar-refractivity contribution in [2.75, 3.05) is 24.5 Å². The lowest BCUT2D eigenvalue weighted by atomic mass is 10.00. The van der Waals surface area contributed by atoms with Gasteiger partial charge in [-0.05, 0) is 48.9 Å². The minimum Gasteiger partial charge on any atom is -0.350 e. The van der Waals surface area contributed by atoms with Crippen molar-refractivity contribution in [2.24, 2.45) is 5.92 Å². The first-order chi connectivity index (χ1) is 12.1. The number of nitrogens with one attached hydrogen (secondary N) is 1. The van der Waals surface area contributed by atoms with Gasteiger partial charge in [0.15, 0.2) is 0 Å². The summed E-state index contributed by atoms with van der Waals surface area (Å²) in [7, 11) is 0. The highest BCUT2D eigenvalue weighted by Crippen LogP contribution is 2.19. The van der Waals surface area contributed by atoms with Crippen LogP contribution in [0.25, 0.3) is 0 Å². The average molecular weight is 359 g/mol. The van der Waals surface area contributed by atoms with Gasteiger partial charge in [-0.15, -0.1) is 0 Å². The third-order valence-electron chi connectivity index (χ3n) is 4.55. The summed E-state index contributed by atoms with van der Waals surface area (Å²) in [6.45, 7) is 4.72. The molecule has 0 radical (unpaired) electrons. The molecule has 1 aliphatic heterocycles. The van der Waals surface area contributed by atoms with Crippen LogP contribution >= 0.6 is 11.6 Å². The second-order valence-electron chi connectivity index (χ2n) is 6.54. The first-order valence-corrected chi connectivity index (χ1v) is 9.10. The summed E-state index contributed by atoms with van der Waals surface area (Å²) in [5.74, 6) is 1.23. The molecule has 0 atom stereocenters. The zero-order chi connectivity index (χ0) is 17.6. The zero-order valence-electron chi connectivity index (χ0n) is 14.4. The zero-order valence-corrected chi connectivity index (χ0v) is 15.2. The van der Waals surface area contributed by atoms with Gasteiger partial charge in [-0.1, -0.05) is 30.7 Å². The molecule has 2 heterocycles. The SMILES string of the molecule is CC1CCN(c2nccc(C(=O)NCCc3ccc(Cl)cc3)n2)CC1. The molecule has 1 fully saturated rings. The van der Waals surface area contributed by atoms with Crippen LogP contribution < -0.4 is 10.2 Å². The number of nitrogens with zero attached hydrogens (tertiary/aromatic N) is 3. The van der Waals surface area contributed by atoms with Crippen molar-refractivity contribution < 1.29 is 4.79 Å². The van der Waals surface area contributed by atoms with Gasteiger partial charge in [-0.25, -0.2) is 9.97 Å². The summed E-state index contributed by atoms with van der Waals surface area (Å²) in [5.41, 5.74) is 1.55. The van der Waals surface area contributed by atoms with Gasteiger partial charge in [0, 0.05) is 30.9 Å². The first-order valence-electron chi connectivity index (χ1n) is 8.72. The van der Waals surface area contributed by atoms with Gasteiger partial charge in [0.2, 0.25) is 5.95 Å². The van der Waals surface area contributed by atoms with Crippen molar-refractivity contribution in [2.45, 2.75) is 26.2 Å². The highest BCUT2D eigenvalue weighted by molar-refractivity contribution is 6.30. The quantitative estimate of drug-likeness (QED) is 0.890. The van der Waals surface area contributed by atoms with E-state index in [4.69, 9.17) is 11.6 Å². The van der Waals surface area contributed by atoms with E-state index in [0.717, 1.165) is 43.8 Å². The number of hydrogen-bond donors (Lipinski definition) is 1. The fourth-order valence-corrected chi connectivity index (χ4v) is 3.02. The van der Waals surface area contributed by atoms with E-state index in [1.807, 2.05) is 24.3 Å². The summed E-state index contributed by atoms with van der Waals surface area (Å²) in [6.07, 6.45) is 4.70. The lowest BCUT2D eigenvalue weighted by Gasteiger charge is -2.30. The van der Waals surface area contributed by atoms with Crippen LogP contribution in [0.4, 0.5) is 5.95 Å². The molecule has 3 rings (SSSR count). The third kappa shape index (κ3) is 4.92. The second kappa shape index (κ2) is 8.30. The summed E-state index contributed by atoms with van der Waals surface area (Å²) in [5, 5.41) is 3.63. The van der Waals surface area contributed by atoms with Gasteiger partial charge in [0.1, 0.15) is 5.69 Å². The van der Waals surface area contributed by atoms with Crippen molar-refractivity contribution >= 4 is 23.5 Å². The van der Waals surface area contributed by atoms with Crippen LogP contribution in [0, 0.1) is 5.92 Å². The lowest BCUT2D eigenvalue weighted by molar-refractivity contribution is 0.0949. The van der Waals surface area contributed by atoms with Crippen LogP contribution in [0.2, 0.25) is 5.02 Å². The topological polar surface area (TPSA) is 58.1 Å². The van der Waals surface area contributed by atoms with Crippen molar-refractivity contribution in [1.82, 2.24) is 15.3 Å². The van der Waals surface area contributed by atoms with E-state index in [2.05, 4.69) is 27.1 Å². The first kappa shape index (κ1) is 17.7. The van der Waals surface area contributed by atoms with Gasteiger partial charge < -0.3 is 10.2 Å². The number of rotatable bonds is 5. The molecule has 0 aliphatic carbocycles. The largest absolute Gasteiger partial charge is 0.350 e. The third-order valence-corrected chi connectivity index (χ3v) is 4.81. The summed E-state index contributed by atoms with van der Waals surface area (Å²) < 4.78 is 0. The van der Waals surface area contributed by atoms with Crippen molar-refractivity contribution in [3.8, 4) is 0 Å². The fraction of sp³-hybridized carbons (Fsp3) is 0.421. The molecule has 1 amide bonds. The molecule has 1 N–H and O–H groups in total. The number of hydrogen-bond acceptors (Lipinski definition) is 4. The van der Waals surface area contributed by atoms with Crippen LogP contribution in [0.15, 0.2) is 36.5 Å². The maximum absolute atomic E-state index is 12.3. The normalized spacial score (nSPS) is 15.2. The molecule has 0 saturated carbocycles. The Morgan fingerprint density at radius 1 is 1.24 bits per heavy atom. The number of benzene rings is 1. The number of aromatic nitrogens is 2. The van der Waals surface area contributed by atoms with Crippen LogP contribution in [-0.4, -0.2) is 35.5 Å².